The van der Waals surface area contributed by atoms with Crippen LogP contribution >= 0.6 is 22.6 Å². The molecule has 1 aromatic rings. The molecule has 0 fully saturated rings. The molecule has 1 heterocycles. The molecule has 20 heavy (non-hydrogen) atoms. The van der Waals surface area contributed by atoms with Gasteiger partial charge in [-0.1, -0.05) is 0 Å². The zero-order valence-corrected chi connectivity index (χ0v) is 13.3. The van der Waals surface area contributed by atoms with E-state index in [0.29, 0.717) is 12.8 Å². The number of rotatable bonds is 5. The van der Waals surface area contributed by atoms with Crippen molar-refractivity contribution in [1.82, 2.24) is 4.31 Å². The van der Waals surface area contributed by atoms with Crippen molar-refractivity contribution in [2.24, 2.45) is 0 Å². The number of hydrogen-bond donors (Lipinski definition) is 1. The Labute approximate surface area is 130 Å². The molecule has 0 spiro atoms. The highest BCUT2D eigenvalue weighted by atomic mass is 127. The maximum Gasteiger partial charge on any atom is 0.303 e. The third kappa shape index (κ3) is 2.80. The monoisotopic (exact) mass is 409 g/mol. The number of carboxylic acid groups (broad SMARTS) is 1. The number of unbranched alkanes of at least 4 members (excludes halogenated alkanes) is 1. The van der Waals surface area contributed by atoms with Crippen LogP contribution in [-0.4, -0.2) is 36.3 Å². The second-order valence-corrected chi connectivity index (χ2v) is 7.45. The Hall–Kier alpha value is -1.16. The minimum atomic E-state index is -3.78. The number of aliphatic carboxylic acids is 1. The number of nitrogens with zero attached hydrogens (tertiary/aromatic N) is 1. The Kier molecular flexibility index (Phi) is 4.33. The molecular formula is C12H12INO5S. The molecule has 8 heteroatoms. The first-order valence-corrected chi connectivity index (χ1v) is 8.44. The van der Waals surface area contributed by atoms with E-state index in [1.165, 1.54) is 6.07 Å². The summed E-state index contributed by atoms with van der Waals surface area (Å²) in [6.07, 6.45) is 0.637. The van der Waals surface area contributed by atoms with Crippen molar-refractivity contribution >= 4 is 44.5 Å². The first-order valence-electron chi connectivity index (χ1n) is 5.92. The van der Waals surface area contributed by atoms with Gasteiger partial charge in [0.1, 0.15) is 4.90 Å². The van der Waals surface area contributed by atoms with E-state index >= 15 is 0 Å². The molecule has 1 aromatic carbocycles. The van der Waals surface area contributed by atoms with Crippen LogP contribution < -0.4 is 0 Å². The van der Waals surface area contributed by atoms with E-state index < -0.39 is 21.9 Å². The Morgan fingerprint density at radius 2 is 2.00 bits per heavy atom. The summed E-state index contributed by atoms with van der Waals surface area (Å²) < 4.78 is 26.1. The fourth-order valence-corrected chi connectivity index (χ4v) is 4.09. The molecule has 1 aliphatic heterocycles. The SMILES string of the molecule is O=C(O)CCCCN1C(=O)c2cc(I)ccc2S1(=O)=O. The molecule has 0 saturated carbocycles. The predicted molar refractivity (Wildman–Crippen MR) is 78.9 cm³/mol. The molecule has 1 N–H and O–H groups in total. The van der Waals surface area contributed by atoms with E-state index in [9.17, 15) is 18.0 Å². The number of carboxylic acids is 1. The first-order chi connectivity index (χ1) is 9.34. The van der Waals surface area contributed by atoms with Gasteiger partial charge in [0.2, 0.25) is 0 Å². The number of fused-ring (bicyclic) bond motifs is 1. The van der Waals surface area contributed by atoms with Crippen LogP contribution in [0.3, 0.4) is 0 Å². The van der Waals surface area contributed by atoms with Gasteiger partial charge in [-0.3, -0.25) is 9.59 Å². The number of benzene rings is 1. The van der Waals surface area contributed by atoms with Gasteiger partial charge < -0.3 is 5.11 Å². The lowest BCUT2D eigenvalue weighted by Crippen LogP contribution is -2.31. The molecule has 0 aliphatic carbocycles. The average molecular weight is 409 g/mol. The molecule has 0 unspecified atom stereocenters. The minimum Gasteiger partial charge on any atom is -0.481 e. The van der Waals surface area contributed by atoms with Crippen molar-refractivity contribution in [2.45, 2.75) is 24.2 Å². The lowest BCUT2D eigenvalue weighted by atomic mass is 10.2. The first kappa shape index (κ1) is 15.2. The topological polar surface area (TPSA) is 91.8 Å². The van der Waals surface area contributed by atoms with Crippen molar-refractivity contribution in [3.05, 3.63) is 27.3 Å². The number of halogens is 1. The van der Waals surface area contributed by atoms with E-state index in [-0.39, 0.29) is 23.4 Å². The second-order valence-electron chi connectivity index (χ2n) is 4.37. The molecule has 0 saturated heterocycles. The highest BCUT2D eigenvalue weighted by molar-refractivity contribution is 14.1. The van der Waals surface area contributed by atoms with Gasteiger partial charge in [-0.05, 0) is 53.6 Å². The Morgan fingerprint density at radius 1 is 1.30 bits per heavy atom. The van der Waals surface area contributed by atoms with E-state index in [4.69, 9.17) is 5.11 Å². The Bertz CT molecular complexity index is 670. The molecule has 1 amide bonds. The summed E-state index contributed by atoms with van der Waals surface area (Å²) in [4.78, 5) is 22.6. The second kappa shape index (κ2) is 5.68. The van der Waals surface area contributed by atoms with Crippen LogP contribution in [0.25, 0.3) is 0 Å². The minimum absolute atomic E-state index is 0.0136. The normalized spacial score (nSPS) is 16.2. The van der Waals surface area contributed by atoms with Crippen molar-refractivity contribution < 1.29 is 23.1 Å². The largest absolute Gasteiger partial charge is 0.481 e. The summed E-state index contributed by atoms with van der Waals surface area (Å²) >= 11 is 2.01. The van der Waals surface area contributed by atoms with Gasteiger partial charge in [0.15, 0.2) is 0 Å². The smallest absolute Gasteiger partial charge is 0.303 e. The summed E-state index contributed by atoms with van der Waals surface area (Å²) in [7, 11) is -3.78. The lowest BCUT2D eigenvalue weighted by Gasteiger charge is -2.14. The highest BCUT2D eigenvalue weighted by Crippen LogP contribution is 2.31. The van der Waals surface area contributed by atoms with Gasteiger partial charge in [0.05, 0.1) is 5.56 Å². The van der Waals surface area contributed by atoms with Crippen LogP contribution in [0.2, 0.25) is 0 Å². The van der Waals surface area contributed by atoms with Crippen molar-refractivity contribution in [2.75, 3.05) is 6.54 Å². The van der Waals surface area contributed by atoms with Crippen LogP contribution in [-0.2, 0) is 14.8 Å². The van der Waals surface area contributed by atoms with Gasteiger partial charge in [-0.2, -0.15) is 0 Å². The predicted octanol–water partition coefficient (Wildman–Crippen LogP) is 1.69. The summed E-state index contributed by atoms with van der Waals surface area (Å²) in [5.74, 6) is -1.47. The fourth-order valence-electron chi connectivity index (χ4n) is 2.01. The molecule has 0 bridgehead atoms. The maximum absolute atomic E-state index is 12.2. The van der Waals surface area contributed by atoms with E-state index in [1.807, 2.05) is 22.6 Å². The molecule has 0 atom stereocenters. The zero-order chi connectivity index (χ0) is 14.9. The molecule has 0 radical (unpaired) electrons. The van der Waals surface area contributed by atoms with Gasteiger partial charge >= 0.3 is 5.97 Å². The maximum atomic E-state index is 12.2. The fraction of sp³-hybridized carbons (Fsp3) is 0.333. The number of carbonyl (C=O) groups excluding carboxylic acids is 1. The van der Waals surface area contributed by atoms with Crippen molar-refractivity contribution in [3.63, 3.8) is 0 Å². The zero-order valence-electron chi connectivity index (χ0n) is 10.4. The Morgan fingerprint density at radius 3 is 2.65 bits per heavy atom. The average Bonchev–Trinajstić information content (AvgIpc) is 2.54. The highest BCUT2D eigenvalue weighted by Gasteiger charge is 2.40. The van der Waals surface area contributed by atoms with E-state index in [0.717, 1.165) is 7.88 Å². The van der Waals surface area contributed by atoms with Crippen LogP contribution in [0.15, 0.2) is 23.1 Å². The molecule has 2 rings (SSSR count). The third-order valence-corrected chi connectivity index (χ3v) is 5.48. The summed E-state index contributed by atoms with van der Waals surface area (Å²) in [6.45, 7) is 0.0136. The summed E-state index contributed by atoms with van der Waals surface area (Å²) in [5.41, 5.74) is 0.190. The molecule has 0 aromatic heterocycles. The molecule has 6 nitrogen and oxygen atoms in total. The molecular weight excluding hydrogens is 397 g/mol. The Balaban J connectivity index is 2.17. The number of sulfonamides is 1. The molecule has 108 valence electrons. The number of carbonyl (C=O) groups is 2. The van der Waals surface area contributed by atoms with Crippen LogP contribution in [0.4, 0.5) is 0 Å². The van der Waals surface area contributed by atoms with Crippen molar-refractivity contribution in [3.8, 4) is 0 Å². The van der Waals surface area contributed by atoms with Crippen molar-refractivity contribution in [1.29, 1.82) is 0 Å². The van der Waals surface area contributed by atoms with Crippen LogP contribution in [0, 0.1) is 3.57 Å². The van der Waals surface area contributed by atoms with Gasteiger partial charge in [-0.15, -0.1) is 0 Å². The summed E-state index contributed by atoms with van der Waals surface area (Å²) in [6, 6.07) is 4.62. The van der Waals surface area contributed by atoms with E-state index in [2.05, 4.69) is 0 Å². The molecule has 1 aliphatic rings. The van der Waals surface area contributed by atoms with Gasteiger partial charge in [0, 0.05) is 16.5 Å². The lowest BCUT2D eigenvalue weighted by molar-refractivity contribution is -0.137. The third-order valence-electron chi connectivity index (χ3n) is 2.97. The number of amides is 1. The quantitative estimate of drug-likeness (QED) is 0.591. The standard InChI is InChI=1S/C12H12INO5S/c13-8-4-5-10-9(7-8)12(17)14(20(10,18)19)6-2-1-3-11(15)16/h4-5,7H,1-3,6H2,(H,15,16). The number of hydrogen-bond acceptors (Lipinski definition) is 4. The van der Waals surface area contributed by atoms with Crippen LogP contribution in [0.1, 0.15) is 29.6 Å². The van der Waals surface area contributed by atoms with Gasteiger partial charge in [0.25, 0.3) is 15.9 Å². The van der Waals surface area contributed by atoms with Gasteiger partial charge in [-0.25, -0.2) is 12.7 Å². The van der Waals surface area contributed by atoms with Crippen LogP contribution in [0.5, 0.6) is 0 Å². The summed E-state index contributed by atoms with van der Waals surface area (Å²) in [5, 5.41) is 8.53. The van der Waals surface area contributed by atoms with E-state index in [1.54, 1.807) is 12.1 Å².